The third-order valence-electron chi connectivity index (χ3n) is 1.96. The number of amides is 5. The van der Waals surface area contributed by atoms with E-state index in [2.05, 4.69) is 4.99 Å². The lowest BCUT2D eigenvalue weighted by Gasteiger charge is -2.16. The molecule has 0 saturated carbocycles. The van der Waals surface area contributed by atoms with Crippen LogP contribution < -0.4 is 16.0 Å². The number of aliphatic carboxylic acids is 1. The molecule has 1 heterocycles. The molecule has 0 aromatic heterocycles. The molecule has 102 valence electrons. The summed E-state index contributed by atoms with van der Waals surface area (Å²) in [6, 6.07) is -0.918. The number of rotatable bonds is 5. The molecule has 0 aromatic carbocycles. The quantitative estimate of drug-likeness (QED) is 0.313. The molecule has 0 bridgehead atoms. The molecule has 0 radical (unpaired) electrons. The molecule has 19 heavy (non-hydrogen) atoms. The van der Waals surface area contributed by atoms with Crippen molar-refractivity contribution in [2.45, 2.75) is 0 Å². The summed E-state index contributed by atoms with van der Waals surface area (Å²) in [4.78, 5) is 58.0. The van der Waals surface area contributed by atoms with Crippen LogP contribution in [0.25, 0.3) is 0 Å². The number of imide groups is 2. The van der Waals surface area contributed by atoms with E-state index >= 15 is 0 Å². The summed E-state index contributed by atoms with van der Waals surface area (Å²) in [6.07, 6.45) is 0.914. The molecule has 1 fully saturated rings. The lowest BCUT2D eigenvalue weighted by molar-refractivity contribution is -0.137. The minimum atomic E-state index is -1.30. The van der Waals surface area contributed by atoms with Gasteiger partial charge in [-0.2, -0.15) is 0 Å². The van der Waals surface area contributed by atoms with Crippen LogP contribution in [0.15, 0.2) is 4.99 Å². The summed E-state index contributed by atoms with van der Waals surface area (Å²) in [7, 11) is 0. The lowest BCUT2D eigenvalue weighted by atomic mass is 10.1. The predicted molar refractivity (Wildman–Crippen MR) is 59.2 cm³/mol. The molecule has 1 rings (SSSR count). The van der Waals surface area contributed by atoms with E-state index in [1.54, 1.807) is 0 Å². The predicted octanol–water partition coefficient (Wildman–Crippen LogP) is -2.76. The zero-order valence-corrected chi connectivity index (χ0v) is 9.50. The van der Waals surface area contributed by atoms with E-state index in [1.165, 1.54) is 0 Å². The van der Waals surface area contributed by atoms with Crippen molar-refractivity contribution in [2.24, 2.45) is 10.9 Å². The minimum absolute atomic E-state index is 0.432. The maximum atomic E-state index is 11.2. The van der Waals surface area contributed by atoms with Crippen LogP contribution in [-0.2, 0) is 19.2 Å². The summed E-state index contributed by atoms with van der Waals surface area (Å²) < 4.78 is 0. The fourth-order valence-corrected chi connectivity index (χ4v) is 1.14. The van der Waals surface area contributed by atoms with E-state index in [9.17, 15) is 24.0 Å². The topological polar surface area (TPSA) is 154 Å². The molecule has 4 N–H and O–H groups in total. The number of aliphatic imine (C=N–C) groups is 1. The molecule has 0 atom stereocenters. The molecular weight excluding hydrogens is 260 g/mol. The van der Waals surface area contributed by atoms with E-state index in [4.69, 9.17) is 5.11 Å². The number of hydrogen-bond acceptors (Lipinski definition) is 6. The van der Waals surface area contributed by atoms with Gasteiger partial charge < -0.3 is 10.4 Å². The first-order valence-corrected chi connectivity index (χ1v) is 5.04. The number of nitrogens with one attached hydrogen (secondary N) is 3. The minimum Gasteiger partial charge on any atom is -0.480 e. The Morgan fingerprint density at radius 2 is 1.84 bits per heavy atom. The van der Waals surface area contributed by atoms with Gasteiger partial charge in [-0.25, -0.2) is 4.79 Å². The van der Waals surface area contributed by atoms with Gasteiger partial charge in [-0.15, -0.1) is 0 Å². The molecule has 5 amide bonds. The van der Waals surface area contributed by atoms with Crippen molar-refractivity contribution < 1.29 is 29.1 Å². The average molecular weight is 270 g/mol. The number of urea groups is 1. The highest BCUT2D eigenvalue weighted by molar-refractivity contribution is 6.23. The monoisotopic (exact) mass is 270 g/mol. The van der Waals surface area contributed by atoms with Crippen molar-refractivity contribution in [1.82, 2.24) is 16.0 Å². The number of carboxylic acid groups (broad SMARTS) is 1. The molecule has 10 nitrogen and oxygen atoms in total. The molecule has 1 aliphatic heterocycles. The molecule has 0 aliphatic carbocycles. The molecule has 10 heteroatoms. The Morgan fingerprint density at radius 1 is 1.26 bits per heavy atom. The van der Waals surface area contributed by atoms with Gasteiger partial charge >= 0.3 is 12.0 Å². The van der Waals surface area contributed by atoms with Crippen LogP contribution in [0.5, 0.6) is 0 Å². The van der Waals surface area contributed by atoms with Crippen LogP contribution in [0, 0.1) is 5.92 Å². The second kappa shape index (κ2) is 6.23. The molecule has 0 unspecified atom stereocenters. The molecule has 0 aromatic rings. The van der Waals surface area contributed by atoms with Gasteiger partial charge in [-0.1, -0.05) is 0 Å². The second-order valence-corrected chi connectivity index (χ2v) is 3.45. The second-order valence-electron chi connectivity index (χ2n) is 3.45. The zero-order chi connectivity index (χ0) is 14.4. The van der Waals surface area contributed by atoms with Gasteiger partial charge in [-0.3, -0.25) is 34.8 Å². The Labute approximate surface area is 106 Å². The van der Waals surface area contributed by atoms with Crippen molar-refractivity contribution >= 4 is 35.9 Å². The first-order chi connectivity index (χ1) is 8.90. The van der Waals surface area contributed by atoms with Crippen LogP contribution in [0.4, 0.5) is 4.79 Å². The third-order valence-corrected chi connectivity index (χ3v) is 1.96. The van der Waals surface area contributed by atoms with Gasteiger partial charge in [0.1, 0.15) is 13.1 Å². The molecular formula is C9H10N4O6. The molecule has 1 aliphatic rings. The van der Waals surface area contributed by atoms with Crippen molar-refractivity contribution in [3.63, 3.8) is 0 Å². The third kappa shape index (κ3) is 4.53. The van der Waals surface area contributed by atoms with E-state index < -0.39 is 48.7 Å². The largest absolute Gasteiger partial charge is 0.480 e. The highest BCUT2D eigenvalue weighted by Crippen LogP contribution is 1.98. The maximum absolute atomic E-state index is 11.2. The lowest BCUT2D eigenvalue weighted by Crippen LogP contribution is -2.56. The highest BCUT2D eigenvalue weighted by Gasteiger charge is 2.32. The fourth-order valence-electron chi connectivity index (χ4n) is 1.14. The smallest absolute Gasteiger partial charge is 0.328 e. The highest BCUT2D eigenvalue weighted by atomic mass is 16.4. The Bertz CT molecular complexity index is 451. The van der Waals surface area contributed by atoms with Crippen molar-refractivity contribution in [3.8, 4) is 0 Å². The number of hydrogen-bond donors (Lipinski definition) is 4. The normalized spacial score (nSPS) is 16.1. The number of barbiturate groups is 1. The van der Waals surface area contributed by atoms with Crippen molar-refractivity contribution in [1.29, 1.82) is 0 Å². The van der Waals surface area contributed by atoms with Crippen molar-refractivity contribution in [3.05, 3.63) is 0 Å². The summed E-state index contributed by atoms with van der Waals surface area (Å²) in [5.41, 5.74) is 0. The first kappa shape index (κ1) is 14.3. The van der Waals surface area contributed by atoms with Crippen LogP contribution in [-0.4, -0.2) is 54.1 Å². The summed E-state index contributed by atoms with van der Waals surface area (Å²) in [5.74, 6) is -4.87. The first-order valence-electron chi connectivity index (χ1n) is 5.04. The Balaban J connectivity index is 2.45. The number of carbonyl (C=O) groups excluding carboxylic acids is 4. The van der Waals surface area contributed by atoms with Gasteiger partial charge in [0, 0.05) is 6.21 Å². The number of carbonyl (C=O) groups is 5. The SMILES string of the molecule is O=C(O)CNC(=O)CN=CC1C(=O)NC(=O)NC1=O. The van der Waals surface area contributed by atoms with Crippen LogP contribution >= 0.6 is 0 Å². The van der Waals surface area contributed by atoms with Crippen molar-refractivity contribution in [2.75, 3.05) is 13.1 Å². The van der Waals surface area contributed by atoms with Gasteiger partial charge in [0.05, 0.1) is 0 Å². The Kier molecular flexibility index (Phi) is 4.69. The van der Waals surface area contributed by atoms with Crippen LogP contribution in [0.1, 0.15) is 0 Å². The summed E-state index contributed by atoms with van der Waals surface area (Å²) in [5, 5.41) is 14.1. The van der Waals surface area contributed by atoms with Gasteiger partial charge in [0.15, 0.2) is 5.92 Å². The van der Waals surface area contributed by atoms with Crippen LogP contribution in [0.3, 0.4) is 0 Å². The standard InChI is InChI=1S/C9H10N4O6/c14-5(11-3-6(15)16)2-10-1-4-7(17)12-9(19)13-8(4)18/h1,4H,2-3H2,(H,11,14)(H,15,16)(H2,12,13,17,18,19). The van der Waals surface area contributed by atoms with Gasteiger partial charge in [0.25, 0.3) is 0 Å². The Hall–Kier alpha value is -2.78. The van der Waals surface area contributed by atoms with E-state index in [0.717, 1.165) is 6.21 Å². The summed E-state index contributed by atoms with van der Waals surface area (Å²) >= 11 is 0. The number of nitrogens with zero attached hydrogens (tertiary/aromatic N) is 1. The fraction of sp³-hybridized carbons (Fsp3) is 0.333. The number of carboxylic acids is 1. The molecule has 0 spiro atoms. The zero-order valence-electron chi connectivity index (χ0n) is 9.50. The van der Waals surface area contributed by atoms with E-state index in [-0.39, 0.29) is 0 Å². The summed E-state index contributed by atoms with van der Waals surface area (Å²) in [6.45, 7) is -0.981. The van der Waals surface area contributed by atoms with E-state index in [0.29, 0.717) is 0 Å². The van der Waals surface area contributed by atoms with Gasteiger partial charge in [-0.05, 0) is 0 Å². The maximum Gasteiger partial charge on any atom is 0.328 e. The van der Waals surface area contributed by atoms with Gasteiger partial charge in [0.2, 0.25) is 17.7 Å². The van der Waals surface area contributed by atoms with Crippen LogP contribution in [0.2, 0.25) is 0 Å². The molecule has 1 saturated heterocycles. The average Bonchev–Trinajstić information content (AvgIpc) is 2.29. The Morgan fingerprint density at radius 3 is 2.37 bits per heavy atom. The van der Waals surface area contributed by atoms with E-state index in [1.807, 2.05) is 16.0 Å².